The molecule has 0 unspecified atom stereocenters. The van der Waals surface area contributed by atoms with E-state index < -0.39 is 8.32 Å². The first-order chi connectivity index (χ1) is 4.27. The van der Waals surface area contributed by atoms with Crippen LogP contribution in [0.25, 0.3) is 0 Å². The zero-order valence-electron chi connectivity index (χ0n) is 7.49. The number of hydrogen-bond donors (Lipinski definition) is 0. The van der Waals surface area contributed by atoms with Crippen molar-refractivity contribution in [2.75, 3.05) is 5.50 Å². The van der Waals surface area contributed by atoms with Crippen LogP contribution in [-0.2, 0) is 4.43 Å². The summed E-state index contributed by atoms with van der Waals surface area (Å²) in [6.45, 7) is 10.5. The molecule has 0 radical (unpaired) electrons. The van der Waals surface area contributed by atoms with Gasteiger partial charge >= 0.3 is 0 Å². The molecule has 0 bridgehead atoms. The summed E-state index contributed by atoms with van der Waals surface area (Å²) in [5.41, 5.74) is 0.634. The zero-order valence-corrected chi connectivity index (χ0v) is 9.25. The molecule has 0 amide bonds. The molecule has 0 N–H and O–H groups in total. The van der Waals surface area contributed by atoms with Crippen molar-refractivity contribution in [1.29, 1.82) is 0 Å². The van der Waals surface area contributed by atoms with Gasteiger partial charge in [0, 0.05) is 11.1 Å². The Morgan fingerprint density at radius 1 is 1.30 bits per heavy atom. The van der Waals surface area contributed by atoms with Crippen LogP contribution >= 0.6 is 11.6 Å². The van der Waals surface area contributed by atoms with Crippen molar-refractivity contribution < 1.29 is 4.43 Å². The van der Waals surface area contributed by atoms with Crippen LogP contribution in [0.1, 0.15) is 20.8 Å². The van der Waals surface area contributed by atoms with Gasteiger partial charge in [-0.15, -0.1) is 11.6 Å². The molecule has 0 heterocycles. The molecule has 0 aromatic heterocycles. The number of hydrogen-bond acceptors (Lipinski definition) is 1. The smallest absolute Gasteiger partial charge is 0.201 e. The monoisotopic (exact) mass is 180 g/mol. The minimum atomic E-state index is -1.55. The number of rotatable bonds is 2. The molecular weight excluding hydrogens is 164 g/mol. The van der Waals surface area contributed by atoms with Gasteiger partial charge in [0.2, 0.25) is 8.32 Å². The molecule has 0 atom stereocenters. The van der Waals surface area contributed by atoms with E-state index in [1.165, 1.54) is 0 Å². The fourth-order valence-corrected chi connectivity index (χ4v) is 2.73. The first-order valence-corrected chi connectivity index (χ1v) is 7.18. The van der Waals surface area contributed by atoms with Crippen LogP contribution in [-0.4, -0.2) is 19.4 Å². The highest BCUT2D eigenvalue weighted by molar-refractivity contribution is 6.77. The molecule has 0 aliphatic rings. The zero-order chi connectivity index (χ0) is 8.41. The average molecular weight is 181 g/mol. The van der Waals surface area contributed by atoms with Crippen LogP contribution in [0, 0.1) is 0 Å². The molecule has 0 aliphatic carbocycles. The van der Waals surface area contributed by atoms with Gasteiger partial charge in [0.25, 0.3) is 0 Å². The third-order valence-electron chi connectivity index (χ3n) is 0.904. The Labute approximate surface area is 69.9 Å². The fourth-order valence-electron chi connectivity index (χ4n) is 0.856. The van der Waals surface area contributed by atoms with Gasteiger partial charge < -0.3 is 4.43 Å². The van der Waals surface area contributed by atoms with Crippen molar-refractivity contribution in [2.24, 2.45) is 0 Å². The molecule has 62 valence electrons. The molecule has 0 aromatic rings. The maximum atomic E-state index is 5.78. The molecule has 1 nitrogen and oxygen atoms in total. The van der Waals surface area contributed by atoms with Crippen molar-refractivity contribution in [2.45, 2.75) is 39.5 Å². The highest BCUT2D eigenvalue weighted by Crippen LogP contribution is 2.17. The van der Waals surface area contributed by atoms with Crippen molar-refractivity contribution >= 4 is 19.9 Å². The van der Waals surface area contributed by atoms with E-state index in [2.05, 4.69) is 33.9 Å². The van der Waals surface area contributed by atoms with Crippen molar-refractivity contribution in [3.8, 4) is 0 Å². The summed E-state index contributed by atoms with van der Waals surface area (Å²) in [5, 5.41) is 0. The summed E-state index contributed by atoms with van der Waals surface area (Å²) >= 11 is 5.74. The second kappa shape index (κ2) is 3.24. The number of alkyl halides is 1. The lowest BCUT2D eigenvalue weighted by Gasteiger charge is -2.30. The summed E-state index contributed by atoms with van der Waals surface area (Å²) in [6, 6.07) is 0. The van der Waals surface area contributed by atoms with Gasteiger partial charge in [0.05, 0.1) is 0 Å². The Bertz CT molecular complexity index is 107. The van der Waals surface area contributed by atoms with E-state index in [-0.39, 0.29) is 5.60 Å². The van der Waals surface area contributed by atoms with Crippen LogP contribution in [0.3, 0.4) is 0 Å². The Balaban J connectivity index is 3.89. The minimum Gasteiger partial charge on any atom is -0.412 e. The van der Waals surface area contributed by atoms with E-state index in [0.29, 0.717) is 5.50 Å². The van der Waals surface area contributed by atoms with Gasteiger partial charge in [0.15, 0.2) is 0 Å². The van der Waals surface area contributed by atoms with E-state index in [9.17, 15) is 0 Å². The summed E-state index contributed by atoms with van der Waals surface area (Å²) < 4.78 is 5.78. The normalized spacial score (nSPS) is 13.8. The molecule has 0 spiro atoms. The topological polar surface area (TPSA) is 9.23 Å². The summed E-state index contributed by atoms with van der Waals surface area (Å²) in [7, 11) is -1.55. The average Bonchev–Trinajstić information content (AvgIpc) is 1.60. The molecule has 0 rings (SSSR count). The van der Waals surface area contributed by atoms with Crippen LogP contribution in [0.15, 0.2) is 0 Å². The largest absolute Gasteiger partial charge is 0.412 e. The van der Waals surface area contributed by atoms with E-state index in [1.54, 1.807) is 0 Å². The van der Waals surface area contributed by atoms with Gasteiger partial charge in [0.1, 0.15) is 0 Å². The van der Waals surface area contributed by atoms with E-state index >= 15 is 0 Å². The summed E-state index contributed by atoms with van der Waals surface area (Å²) in [5.74, 6) is 0. The van der Waals surface area contributed by atoms with E-state index in [0.717, 1.165) is 0 Å². The third kappa shape index (κ3) is 5.27. The second-order valence-electron chi connectivity index (χ2n) is 4.11. The second-order valence-corrected chi connectivity index (χ2v) is 8.90. The van der Waals surface area contributed by atoms with Crippen molar-refractivity contribution in [1.82, 2.24) is 0 Å². The molecule has 0 fully saturated rings. The fraction of sp³-hybridized carbons (Fsp3) is 1.00. The predicted octanol–water partition coefficient (Wildman–Crippen LogP) is 2.78. The molecule has 0 saturated heterocycles. The maximum absolute atomic E-state index is 5.78. The molecule has 0 saturated carbocycles. The standard InChI is InChI=1S/C7H17ClOSi/c1-7(2,3)9-10(4,5)6-8/h6H2,1-5H3. The first kappa shape index (κ1) is 10.5. The minimum absolute atomic E-state index is 0.0371. The summed E-state index contributed by atoms with van der Waals surface area (Å²) in [6.07, 6.45) is 0. The molecule has 0 aliphatic heterocycles. The van der Waals surface area contributed by atoms with Gasteiger partial charge in [-0.05, 0) is 33.9 Å². The van der Waals surface area contributed by atoms with Gasteiger partial charge in [-0.1, -0.05) is 0 Å². The quantitative estimate of drug-likeness (QED) is 0.469. The van der Waals surface area contributed by atoms with Gasteiger partial charge in [-0.3, -0.25) is 0 Å². The lowest BCUT2D eigenvalue weighted by Crippen LogP contribution is -2.41. The van der Waals surface area contributed by atoms with Crippen molar-refractivity contribution in [3.63, 3.8) is 0 Å². The van der Waals surface area contributed by atoms with E-state index in [4.69, 9.17) is 16.0 Å². The van der Waals surface area contributed by atoms with Crippen LogP contribution in [0.4, 0.5) is 0 Å². The Hall–Kier alpha value is 0.467. The Morgan fingerprint density at radius 2 is 1.70 bits per heavy atom. The van der Waals surface area contributed by atoms with Crippen LogP contribution in [0.2, 0.25) is 13.1 Å². The highest BCUT2D eigenvalue weighted by Gasteiger charge is 2.27. The predicted molar refractivity (Wildman–Crippen MR) is 49.0 cm³/mol. The first-order valence-electron chi connectivity index (χ1n) is 3.53. The van der Waals surface area contributed by atoms with Gasteiger partial charge in [-0.2, -0.15) is 0 Å². The molecule has 10 heavy (non-hydrogen) atoms. The van der Waals surface area contributed by atoms with Crippen LogP contribution in [0.5, 0.6) is 0 Å². The summed E-state index contributed by atoms with van der Waals surface area (Å²) in [4.78, 5) is 0. The van der Waals surface area contributed by atoms with E-state index in [1.807, 2.05) is 0 Å². The molecular formula is C7H17ClOSi. The number of halogens is 1. The maximum Gasteiger partial charge on any atom is 0.201 e. The molecule has 3 heteroatoms. The Kier molecular flexibility index (Phi) is 3.39. The van der Waals surface area contributed by atoms with Gasteiger partial charge in [-0.25, -0.2) is 0 Å². The molecule has 0 aromatic carbocycles. The third-order valence-corrected chi connectivity index (χ3v) is 4.64. The SMILES string of the molecule is CC(C)(C)O[Si](C)(C)CCl. The lowest BCUT2D eigenvalue weighted by molar-refractivity contribution is 0.122. The van der Waals surface area contributed by atoms with Crippen LogP contribution < -0.4 is 0 Å². The van der Waals surface area contributed by atoms with Crippen molar-refractivity contribution in [3.05, 3.63) is 0 Å². The highest BCUT2D eigenvalue weighted by atomic mass is 35.5. The lowest BCUT2D eigenvalue weighted by atomic mass is 10.2. The Morgan fingerprint density at radius 3 is 1.80 bits per heavy atom.